The SMILES string of the molecule is Cc1cc2c(n1C1CCCCCC1O)CCCC2N. The van der Waals surface area contributed by atoms with E-state index in [0.29, 0.717) is 0 Å². The fourth-order valence-electron chi connectivity index (χ4n) is 3.99. The van der Waals surface area contributed by atoms with E-state index in [2.05, 4.69) is 17.6 Å². The monoisotopic (exact) mass is 262 g/mol. The van der Waals surface area contributed by atoms with Gasteiger partial charge < -0.3 is 15.4 Å². The van der Waals surface area contributed by atoms with Gasteiger partial charge in [0.2, 0.25) is 0 Å². The van der Waals surface area contributed by atoms with Crippen LogP contribution in [0.15, 0.2) is 6.07 Å². The van der Waals surface area contributed by atoms with Gasteiger partial charge in [0.1, 0.15) is 0 Å². The number of hydrogen-bond donors (Lipinski definition) is 2. The Morgan fingerprint density at radius 3 is 2.79 bits per heavy atom. The lowest BCUT2D eigenvalue weighted by molar-refractivity contribution is 0.103. The highest BCUT2D eigenvalue weighted by Gasteiger charge is 2.29. The Hall–Kier alpha value is -0.800. The molecule has 3 nitrogen and oxygen atoms in total. The average molecular weight is 262 g/mol. The van der Waals surface area contributed by atoms with Crippen LogP contribution in [-0.2, 0) is 6.42 Å². The van der Waals surface area contributed by atoms with Gasteiger partial charge in [-0.1, -0.05) is 19.3 Å². The summed E-state index contributed by atoms with van der Waals surface area (Å²) in [4.78, 5) is 0. The zero-order valence-electron chi connectivity index (χ0n) is 11.9. The van der Waals surface area contributed by atoms with Crippen molar-refractivity contribution in [2.45, 2.75) is 76.5 Å². The Balaban J connectivity index is 1.99. The molecule has 1 saturated carbocycles. The van der Waals surface area contributed by atoms with Gasteiger partial charge in [0, 0.05) is 17.4 Å². The minimum absolute atomic E-state index is 0.184. The van der Waals surface area contributed by atoms with Gasteiger partial charge in [-0.3, -0.25) is 0 Å². The van der Waals surface area contributed by atoms with E-state index in [4.69, 9.17) is 5.73 Å². The Bertz CT molecular complexity index is 452. The van der Waals surface area contributed by atoms with Crippen molar-refractivity contribution < 1.29 is 5.11 Å². The number of rotatable bonds is 1. The lowest BCUT2D eigenvalue weighted by Gasteiger charge is -2.29. The fourth-order valence-corrected chi connectivity index (χ4v) is 3.99. The van der Waals surface area contributed by atoms with Crippen LogP contribution in [0.5, 0.6) is 0 Å². The van der Waals surface area contributed by atoms with Crippen LogP contribution in [-0.4, -0.2) is 15.8 Å². The molecular weight excluding hydrogens is 236 g/mol. The van der Waals surface area contributed by atoms with E-state index in [1.807, 2.05) is 0 Å². The van der Waals surface area contributed by atoms with Crippen LogP contribution in [0.25, 0.3) is 0 Å². The van der Waals surface area contributed by atoms with Gasteiger partial charge in [-0.05, 0) is 50.7 Å². The first-order chi connectivity index (χ1) is 9.18. The Labute approximate surface area is 115 Å². The highest BCUT2D eigenvalue weighted by molar-refractivity contribution is 5.33. The predicted octanol–water partition coefficient (Wildman–Crippen LogP) is 3.00. The van der Waals surface area contributed by atoms with E-state index in [-0.39, 0.29) is 18.2 Å². The number of fused-ring (bicyclic) bond motifs is 1. The van der Waals surface area contributed by atoms with Gasteiger partial charge in [-0.15, -0.1) is 0 Å². The molecule has 0 radical (unpaired) electrons. The topological polar surface area (TPSA) is 51.2 Å². The molecular formula is C16H26N2O. The summed E-state index contributed by atoms with van der Waals surface area (Å²) < 4.78 is 2.42. The van der Waals surface area contributed by atoms with Crippen LogP contribution in [0.3, 0.4) is 0 Å². The summed E-state index contributed by atoms with van der Waals surface area (Å²) >= 11 is 0. The maximum atomic E-state index is 10.5. The number of nitrogens with two attached hydrogens (primary N) is 1. The highest BCUT2D eigenvalue weighted by Crippen LogP contribution is 2.36. The number of aliphatic hydroxyl groups excluding tert-OH is 1. The van der Waals surface area contributed by atoms with Crippen molar-refractivity contribution >= 4 is 0 Å². The normalized spacial score (nSPS) is 31.8. The van der Waals surface area contributed by atoms with Gasteiger partial charge in [-0.2, -0.15) is 0 Å². The van der Waals surface area contributed by atoms with Gasteiger partial charge >= 0.3 is 0 Å². The summed E-state index contributed by atoms with van der Waals surface area (Å²) in [6, 6.07) is 2.74. The third-order valence-electron chi connectivity index (χ3n) is 4.97. The van der Waals surface area contributed by atoms with Crippen molar-refractivity contribution in [2.24, 2.45) is 5.73 Å². The lowest BCUT2D eigenvalue weighted by Crippen LogP contribution is -2.27. The van der Waals surface area contributed by atoms with E-state index >= 15 is 0 Å². The smallest absolute Gasteiger partial charge is 0.0747 e. The van der Waals surface area contributed by atoms with Crippen molar-refractivity contribution in [3.63, 3.8) is 0 Å². The molecule has 1 heterocycles. The van der Waals surface area contributed by atoms with Gasteiger partial charge in [-0.25, -0.2) is 0 Å². The van der Waals surface area contributed by atoms with Gasteiger partial charge in [0.05, 0.1) is 12.1 Å². The highest BCUT2D eigenvalue weighted by atomic mass is 16.3. The Morgan fingerprint density at radius 2 is 1.95 bits per heavy atom. The van der Waals surface area contributed by atoms with Crippen LogP contribution in [0.2, 0.25) is 0 Å². The Kier molecular flexibility index (Phi) is 3.68. The second-order valence-corrected chi connectivity index (χ2v) is 6.33. The fraction of sp³-hybridized carbons (Fsp3) is 0.750. The number of nitrogens with zero attached hydrogens (tertiary/aromatic N) is 1. The first-order valence-electron chi connectivity index (χ1n) is 7.82. The van der Waals surface area contributed by atoms with Crippen LogP contribution in [0, 0.1) is 6.92 Å². The maximum absolute atomic E-state index is 10.5. The minimum atomic E-state index is -0.184. The zero-order chi connectivity index (χ0) is 13.4. The maximum Gasteiger partial charge on any atom is 0.0747 e. The molecule has 3 unspecified atom stereocenters. The molecule has 1 fully saturated rings. The van der Waals surface area contributed by atoms with Crippen molar-refractivity contribution in [3.8, 4) is 0 Å². The standard InChI is InChI=1S/C16H26N2O/c1-11-10-12-13(17)6-5-8-14(12)18(11)15-7-3-2-4-9-16(15)19/h10,13,15-16,19H,2-9,17H2,1H3. The summed E-state index contributed by atoms with van der Waals surface area (Å²) in [5, 5.41) is 10.5. The quantitative estimate of drug-likeness (QED) is 0.764. The van der Waals surface area contributed by atoms with Crippen LogP contribution < -0.4 is 5.73 Å². The van der Waals surface area contributed by atoms with Gasteiger partial charge in [0.15, 0.2) is 0 Å². The third kappa shape index (κ3) is 2.34. The number of aromatic nitrogens is 1. The molecule has 0 aromatic carbocycles. The second kappa shape index (κ2) is 5.29. The zero-order valence-corrected chi connectivity index (χ0v) is 11.9. The minimum Gasteiger partial charge on any atom is -0.391 e. The molecule has 3 rings (SSSR count). The van der Waals surface area contributed by atoms with Crippen molar-refractivity contribution in [1.29, 1.82) is 0 Å². The summed E-state index contributed by atoms with van der Waals surface area (Å²) in [5.41, 5.74) is 10.3. The molecule has 3 heteroatoms. The van der Waals surface area contributed by atoms with E-state index in [1.165, 1.54) is 42.6 Å². The molecule has 0 bridgehead atoms. The predicted molar refractivity (Wildman–Crippen MR) is 77.2 cm³/mol. The van der Waals surface area contributed by atoms with Crippen molar-refractivity contribution in [2.75, 3.05) is 0 Å². The molecule has 106 valence electrons. The number of aliphatic hydroxyl groups is 1. The second-order valence-electron chi connectivity index (χ2n) is 6.33. The van der Waals surface area contributed by atoms with E-state index in [0.717, 1.165) is 25.7 Å². The molecule has 3 N–H and O–H groups in total. The number of hydrogen-bond acceptors (Lipinski definition) is 2. The largest absolute Gasteiger partial charge is 0.391 e. The summed E-state index contributed by atoms with van der Waals surface area (Å²) in [6.45, 7) is 2.17. The molecule has 19 heavy (non-hydrogen) atoms. The molecule has 0 amide bonds. The average Bonchev–Trinajstić information content (AvgIpc) is 2.57. The van der Waals surface area contributed by atoms with Crippen LogP contribution in [0.4, 0.5) is 0 Å². The summed E-state index contributed by atoms with van der Waals surface area (Å²) in [5.74, 6) is 0. The first-order valence-corrected chi connectivity index (χ1v) is 7.82. The van der Waals surface area contributed by atoms with E-state index < -0.39 is 0 Å². The summed E-state index contributed by atoms with van der Waals surface area (Å²) in [7, 11) is 0. The Morgan fingerprint density at radius 1 is 1.16 bits per heavy atom. The molecule has 1 aromatic heterocycles. The lowest BCUT2D eigenvalue weighted by atomic mass is 9.93. The molecule has 2 aliphatic rings. The van der Waals surface area contributed by atoms with Crippen LogP contribution >= 0.6 is 0 Å². The van der Waals surface area contributed by atoms with Crippen molar-refractivity contribution in [3.05, 3.63) is 23.0 Å². The molecule has 3 atom stereocenters. The molecule has 1 aromatic rings. The third-order valence-corrected chi connectivity index (χ3v) is 4.97. The summed E-state index contributed by atoms with van der Waals surface area (Å²) in [6.07, 6.45) is 8.94. The van der Waals surface area contributed by atoms with E-state index in [9.17, 15) is 5.11 Å². The van der Waals surface area contributed by atoms with E-state index in [1.54, 1.807) is 0 Å². The molecule has 0 aliphatic heterocycles. The molecule has 0 spiro atoms. The van der Waals surface area contributed by atoms with Crippen LogP contribution in [0.1, 0.15) is 74.0 Å². The molecule has 0 saturated heterocycles. The molecule has 2 aliphatic carbocycles. The first kappa shape index (κ1) is 13.2. The van der Waals surface area contributed by atoms with Gasteiger partial charge in [0.25, 0.3) is 0 Å². The van der Waals surface area contributed by atoms with Crippen molar-refractivity contribution in [1.82, 2.24) is 4.57 Å². The number of aryl methyl sites for hydroxylation is 1.